The van der Waals surface area contributed by atoms with Crippen molar-refractivity contribution in [2.75, 3.05) is 13.6 Å². The fourth-order valence-electron chi connectivity index (χ4n) is 3.05. The van der Waals surface area contributed by atoms with Gasteiger partial charge in [0.05, 0.1) is 18.8 Å². The number of aromatic nitrogens is 2. The number of nitrogens with two attached hydrogens (primary N) is 1. The zero-order valence-corrected chi connectivity index (χ0v) is 12.1. The average molecular weight is 284 g/mol. The first-order valence-corrected chi connectivity index (χ1v) is 7.21. The Morgan fingerprint density at radius 1 is 1.33 bits per heavy atom. The van der Waals surface area contributed by atoms with Gasteiger partial charge in [0.1, 0.15) is 0 Å². The van der Waals surface area contributed by atoms with Gasteiger partial charge in [-0.2, -0.15) is 5.10 Å². The van der Waals surface area contributed by atoms with E-state index in [1.165, 1.54) is 5.56 Å². The summed E-state index contributed by atoms with van der Waals surface area (Å²) in [5.41, 5.74) is 8.08. The van der Waals surface area contributed by atoms with Crippen LogP contribution in [0.5, 0.6) is 0 Å². The highest BCUT2D eigenvalue weighted by Crippen LogP contribution is 2.35. The molecule has 1 fully saturated rings. The lowest BCUT2D eigenvalue weighted by Gasteiger charge is -2.22. The van der Waals surface area contributed by atoms with Crippen LogP contribution >= 0.6 is 0 Å². The molecule has 2 atom stereocenters. The standard InChI is InChI=1S/C16H20N4O/c1-19-15(21)7-13(8-17)16(19)14-9-18-20(11-14)10-12-5-3-2-4-6-12/h2-6,9,11,13,16H,7-8,10,17H2,1H3. The number of hydrogen-bond donors (Lipinski definition) is 1. The Hall–Kier alpha value is -2.14. The van der Waals surface area contributed by atoms with Crippen LogP contribution in [0.1, 0.15) is 23.6 Å². The number of carbonyl (C=O) groups is 1. The topological polar surface area (TPSA) is 64.2 Å². The second-order valence-corrected chi connectivity index (χ2v) is 5.61. The molecule has 2 N–H and O–H groups in total. The van der Waals surface area contributed by atoms with E-state index in [2.05, 4.69) is 17.2 Å². The van der Waals surface area contributed by atoms with Crippen LogP contribution in [0.2, 0.25) is 0 Å². The number of likely N-dealkylation sites (tertiary alicyclic amines) is 1. The monoisotopic (exact) mass is 284 g/mol. The van der Waals surface area contributed by atoms with Crippen molar-refractivity contribution >= 4 is 5.91 Å². The van der Waals surface area contributed by atoms with Gasteiger partial charge >= 0.3 is 0 Å². The van der Waals surface area contributed by atoms with Crippen LogP contribution in [-0.2, 0) is 11.3 Å². The molecule has 1 amide bonds. The third-order valence-electron chi connectivity index (χ3n) is 4.18. The molecule has 2 heterocycles. The van der Waals surface area contributed by atoms with Gasteiger partial charge in [0.2, 0.25) is 5.91 Å². The zero-order chi connectivity index (χ0) is 14.8. The molecule has 0 saturated carbocycles. The number of nitrogens with zero attached hydrogens (tertiary/aromatic N) is 3. The second kappa shape index (κ2) is 5.69. The van der Waals surface area contributed by atoms with E-state index in [9.17, 15) is 4.79 Å². The molecule has 0 radical (unpaired) electrons. The summed E-state index contributed by atoms with van der Waals surface area (Å²) in [5.74, 6) is 0.336. The van der Waals surface area contributed by atoms with Crippen LogP contribution < -0.4 is 5.73 Å². The summed E-state index contributed by atoms with van der Waals surface area (Å²) < 4.78 is 1.91. The smallest absolute Gasteiger partial charge is 0.223 e. The molecule has 1 aliphatic heterocycles. The minimum atomic E-state index is 0.0482. The predicted octanol–water partition coefficient (Wildman–Crippen LogP) is 1.41. The Bertz CT molecular complexity index is 622. The van der Waals surface area contributed by atoms with Gasteiger partial charge < -0.3 is 10.6 Å². The summed E-state index contributed by atoms with van der Waals surface area (Å²) in [6, 6.07) is 10.3. The molecular weight excluding hydrogens is 264 g/mol. The fraction of sp³-hybridized carbons (Fsp3) is 0.375. The quantitative estimate of drug-likeness (QED) is 0.923. The van der Waals surface area contributed by atoms with E-state index in [0.29, 0.717) is 13.0 Å². The first kappa shape index (κ1) is 13.8. The molecule has 2 aromatic rings. The van der Waals surface area contributed by atoms with E-state index in [1.807, 2.05) is 42.3 Å². The number of rotatable bonds is 4. The molecule has 1 aliphatic rings. The molecule has 1 aromatic carbocycles. The van der Waals surface area contributed by atoms with E-state index in [1.54, 1.807) is 4.90 Å². The maximum Gasteiger partial charge on any atom is 0.223 e. The van der Waals surface area contributed by atoms with Gasteiger partial charge in [-0.1, -0.05) is 30.3 Å². The molecule has 3 rings (SSSR count). The van der Waals surface area contributed by atoms with Crippen molar-refractivity contribution in [1.82, 2.24) is 14.7 Å². The maximum absolute atomic E-state index is 11.9. The minimum Gasteiger partial charge on any atom is -0.338 e. The second-order valence-electron chi connectivity index (χ2n) is 5.61. The molecule has 0 bridgehead atoms. The first-order chi connectivity index (χ1) is 10.2. The highest BCUT2D eigenvalue weighted by molar-refractivity contribution is 5.79. The average Bonchev–Trinajstić information content (AvgIpc) is 3.05. The van der Waals surface area contributed by atoms with E-state index in [0.717, 1.165) is 12.1 Å². The Balaban J connectivity index is 1.80. The highest BCUT2D eigenvalue weighted by atomic mass is 16.2. The van der Waals surface area contributed by atoms with E-state index in [-0.39, 0.29) is 17.9 Å². The Kier molecular flexibility index (Phi) is 3.75. The SMILES string of the molecule is CN1C(=O)CC(CN)C1c1cnn(Cc2ccccc2)c1. The molecule has 5 nitrogen and oxygen atoms in total. The molecule has 5 heteroatoms. The van der Waals surface area contributed by atoms with Crippen LogP contribution in [0, 0.1) is 5.92 Å². The lowest BCUT2D eigenvalue weighted by Crippen LogP contribution is -2.26. The van der Waals surface area contributed by atoms with Crippen molar-refractivity contribution in [3.8, 4) is 0 Å². The summed E-state index contributed by atoms with van der Waals surface area (Å²) in [6.07, 6.45) is 4.41. The molecule has 0 aliphatic carbocycles. The lowest BCUT2D eigenvalue weighted by molar-refractivity contribution is -0.127. The van der Waals surface area contributed by atoms with Crippen molar-refractivity contribution in [3.63, 3.8) is 0 Å². The Morgan fingerprint density at radius 2 is 2.10 bits per heavy atom. The van der Waals surface area contributed by atoms with E-state index < -0.39 is 0 Å². The third-order valence-corrected chi connectivity index (χ3v) is 4.18. The van der Waals surface area contributed by atoms with Crippen molar-refractivity contribution in [2.45, 2.75) is 19.0 Å². The van der Waals surface area contributed by atoms with Gasteiger partial charge in [0.15, 0.2) is 0 Å². The molecule has 1 saturated heterocycles. The molecule has 21 heavy (non-hydrogen) atoms. The molecule has 0 spiro atoms. The third kappa shape index (κ3) is 2.69. The summed E-state index contributed by atoms with van der Waals surface area (Å²) in [6.45, 7) is 1.25. The van der Waals surface area contributed by atoms with Crippen molar-refractivity contribution in [1.29, 1.82) is 0 Å². The summed E-state index contributed by atoms with van der Waals surface area (Å²) in [5, 5.41) is 4.42. The van der Waals surface area contributed by atoms with Gasteiger partial charge in [-0.05, 0) is 12.1 Å². The maximum atomic E-state index is 11.9. The summed E-state index contributed by atoms with van der Waals surface area (Å²) >= 11 is 0. The Labute approximate surface area is 124 Å². The van der Waals surface area contributed by atoms with Crippen LogP contribution in [0.3, 0.4) is 0 Å². The summed E-state index contributed by atoms with van der Waals surface area (Å²) in [4.78, 5) is 13.7. The number of carbonyl (C=O) groups excluding carboxylic acids is 1. The predicted molar refractivity (Wildman–Crippen MR) is 80.4 cm³/mol. The van der Waals surface area contributed by atoms with Gasteiger partial charge in [0, 0.05) is 31.1 Å². The Morgan fingerprint density at radius 3 is 2.81 bits per heavy atom. The first-order valence-electron chi connectivity index (χ1n) is 7.21. The van der Waals surface area contributed by atoms with Crippen LogP contribution in [-0.4, -0.2) is 34.2 Å². The van der Waals surface area contributed by atoms with Gasteiger partial charge in [-0.15, -0.1) is 0 Å². The molecular formula is C16H20N4O. The number of benzene rings is 1. The minimum absolute atomic E-state index is 0.0482. The van der Waals surface area contributed by atoms with Gasteiger partial charge in [-0.3, -0.25) is 9.48 Å². The number of amides is 1. The summed E-state index contributed by atoms with van der Waals surface area (Å²) in [7, 11) is 1.84. The lowest BCUT2D eigenvalue weighted by atomic mass is 9.96. The van der Waals surface area contributed by atoms with Gasteiger partial charge in [0.25, 0.3) is 0 Å². The molecule has 2 unspecified atom stereocenters. The van der Waals surface area contributed by atoms with Gasteiger partial charge in [-0.25, -0.2) is 0 Å². The van der Waals surface area contributed by atoms with Crippen LogP contribution in [0.25, 0.3) is 0 Å². The van der Waals surface area contributed by atoms with Crippen molar-refractivity contribution in [3.05, 3.63) is 53.9 Å². The molecule has 110 valence electrons. The van der Waals surface area contributed by atoms with E-state index in [4.69, 9.17) is 5.73 Å². The van der Waals surface area contributed by atoms with Crippen molar-refractivity contribution in [2.24, 2.45) is 11.7 Å². The normalized spacial score (nSPS) is 22.0. The largest absolute Gasteiger partial charge is 0.338 e. The van der Waals surface area contributed by atoms with Crippen LogP contribution in [0.4, 0.5) is 0 Å². The van der Waals surface area contributed by atoms with E-state index >= 15 is 0 Å². The highest BCUT2D eigenvalue weighted by Gasteiger charge is 2.38. The van der Waals surface area contributed by atoms with Crippen LogP contribution in [0.15, 0.2) is 42.7 Å². The molecule has 1 aromatic heterocycles. The zero-order valence-electron chi connectivity index (χ0n) is 12.1. The fourth-order valence-corrected chi connectivity index (χ4v) is 3.05. The van der Waals surface area contributed by atoms with Crippen molar-refractivity contribution < 1.29 is 4.79 Å². The number of hydrogen-bond acceptors (Lipinski definition) is 3.